The predicted octanol–water partition coefficient (Wildman–Crippen LogP) is 4.01. The number of aromatic nitrogens is 1. The molecule has 0 aliphatic heterocycles. The zero-order chi connectivity index (χ0) is 17.8. The molecule has 2 aromatic carbocycles. The number of carbonyl (C=O) groups excluding carboxylic acids is 2. The van der Waals surface area contributed by atoms with E-state index in [9.17, 15) is 14.0 Å². The molecule has 5 nitrogen and oxygen atoms in total. The summed E-state index contributed by atoms with van der Waals surface area (Å²) >= 11 is 1.42. The van der Waals surface area contributed by atoms with Gasteiger partial charge in [0.2, 0.25) is 0 Å². The summed E-state index contributed by atoms with van der Waals surface area (Å²) in [7, 11) is 0. The number of nitrogens with zero attached hydrogens (tertiary/aromatic N) is 1. The molecule has 0 aliphatic rings. The molecule has 25 heavy (non-hydrogen) atoms. The van der Waals surface area contributed by atoms with Gasteiger partial charge in [0.1, 0.15) is 5.82 Å². The van der Waals surface area contributed by atoms with Gasteiger partial charge in [-0.25, -0.2) is 14.2 Å². The minimum atomic E-state index is -0.935. The van der Waals surface area contributed by atoms with E-state index in [1.165, 1.54) is 35.6 Å². The van der Waals surface area contributed by atoms with E-state index in [0.717, 1.165) is 10.2 Å². The molecule has 0 aliphatic carbocycles. The maximum Gasteiger partial charge on any atom is 0.338 e. The fourth-order valence-corrected chi connectivity index (χ4v) is 2.97. The fourth-order valence-electron chi connectivity index (χ4n) is 2.26. The summed E-state index contributed by atoms with van der Waals surface area (Å²) < 4.78 is 19.1. The van der Waals surface area contributed by atoms with Crippen LogP contribution >= 0.6 is 11.3 Å². The number of halogens is 1. The summed E-state index contributed by atoms with van der Waals surface area (Å²) in [5.74, 6) is -1.42. The number of thiazole rings is 1. The summed E-state index contributed by atoms with van der Waals surface area (Å²) in [6, 6.07) is 10.4. The molecule has 0 fully saturated rings. The number of carbonyl (C=O) groups is 2. The molecule has 0 saturated heterocycles. The van der Waals surface area contributed by atoms with Crippen molar-refractivity contribution in [2.75, 3.05) is 5.32 Å². The number of nitrogens with one attached hydrogen (secondary N) is 1. The maximum absolute atomic E-state index is 12.9. The molecule has 1 amide bonds. The summed E-state index contributed by atoms with van der Waals surface area (Å²) in [6.07, 6.45) is -0.614. The lowest BCUT2D eigenvalue weighted by atomic mass is 10.2. The molecule has 0 unspecified atom stereocenters. The minimum Gasteiger partial charge on any atom is -0.449 e. The Morgan fingerprint density at radius 3 is 2.72 bits per heavy atom. The van der Waals surface area contributed by atoms with Crippen LogP contribution in [0.15, 0.2) is 48.0 Å². The first kappa shape index (κ1) is 17.0. The molecular formula is C18H15FN2O3S. The van der Waals surface area contributed by atoms with Gasteiger partial charge in [-0.05, 0) is 48.9 Å². The molecule has 0 saturated carbocycles. The Balaban J connectivity index is 1.68. The summed E-state index contributed by atoms with van der Waals surface area (Å²) in [5.41, 5.74) is 3.31. The summed E-state index contributed by atoms with van der Waals surface area (Å²) in [5, 5.41) is 2.61. The Hall–Kier alpha value is -2.80. The second-order valence-corrected chi connectivity index (χ2v) is 6.22. The lowest BCUT2D eigenvalue weighted by molar-refractivity contribution is -0.124. The topological polar surface area (TPSA) is 68.3 Å². The van der Waals surface area contributed by atoms with E-state index in [4.69, 9.17) is 4.74 Å². The molecular weight excluding hydrogens is 343 g/mol. The van der Waals surface area contributed by atoms with Crippen LogP contribution in [0.4, 0.5) is 10.1 Å². The third-order valence-corrected chi connectivity index (χ3v) is 4.38. The number of esters is 1. The largest absolute Gasteiger partial charge is 0.449 e. The second kappa shape index (κ2) is 7.40. The number of fused-ring (bicyclic) bond motifs is 1. The third-order valence-electron chi connectivity index (χ3n) is 3.59. The van der Waals surface area contributed by atoms with E-state index in [1.807, 2.05) is 0 Å². The van der Waals surface area contributed by atoms with Crippen LogP contribution in [0.2, 0.25) is 0 Å². The Morgan fingerprint density at radius 2 is 2.00 bits per heavy atom. The molecule has 0 bridgehead atoms. The molecule has 7 heteroatoms. The lowest BCUT2D eigenvalue weighted by Crippen LogP contribution is -2.32. The van der Waals surface area contributed by atoms with Gasteiger partial charge in [0, 0.05) is 5.69 Å². The van der Waals surface area contributed by atoms with E-state index in [2.05, 4.69) is 10.3 Å². The lowest BCUT2D eigenvalue weighted by Gasteiger charge is -2.16. The number of anilines is 1. The Kier molecular flexibility index (Phi) is 5.04. The van der Waals surface area contributed by atoms with Crippen LogP contribution in [0.5, 0.6) is 0 Å². The van der Waals surface area contributed by atoms with Crippen molar-refractivity contribution in [3.05, 3.63) is 59.4 Å². The summed E-state index contributed by atoms with van der Waals surface area (Å²) in [6.45, 7) is 1.74. The molecule has 0 radical (unpaired) electrons. The molecule has 1 atom stereocenters. The normalized spacial score (nSPS) is 11.9. The van der Waals surface area contributed by atoms with Gasteiger partial charge in [0.15, 0.2) is 6.10 Å². The fraction of sp³-hybridized carbons (Fsp3) is 0.167. The summed E-state index contributed by atoms with van der Waals surface area (Å²) in [4.78, 5) is 28.7. The van der Waals surface area contributed by atoms with Gasteiger partial charge in [-0.3, -0.25) is 4.79 Å². The van der Waals surface area contributed by atoms with E-state index in [0.29, 0.717) is 17.7 Å². The van der Waals surface area contributed by atoms with Crippen LogP contribution in [0.1, 0.15) is 23.7 Å². The van der Waals surface area contributed by atoms with E-state index >= 15 is 0 Å². The molecule has 3 aromatic rings. The minimum absolute atomic E-state index is 0.321. The number of hydrogen-bond donors (Lipinski definition) is 1. The van der Waals surface area contributed by atoms with Crippen LogP contribution in [-0.2, 0) is 9.53 Å². The van der Waals surface area contributed by atoms with Crippen LogP contribution < -0.4 is 5.32 Å². The first-order valence-electron chi connectivity index (χ1n) is 7.67. The number of benzene rings is 2. The van der Waals surface area contributed by atoms with Crippen LogP contribution in [0.25, 0.3) is 10.2 Å². The van der Waals surface area contributed by atoms with Crippen molar-refractivity contribution < 1.29 is 18.7 Å². The smallest absolute Gasteiger partial charge is 0.338 e. The van der Waals surface area contributed by atoms with Crippen molar-refractivity contribution in [1.29, 1.82) is 0 Å². The van der Waals surface area contributed by atoms with Crippen molar-refractivity contribution >= 4 is 39.1 Å². The van der Waals surface area contributed by atoms with Gasteiger partial charge >= 0.3 is 5.97 Å². The predicted molar refractivity (Wildman–Crippen MR) is 94.1 cm³/mol. The monoisotopic (exact) mass is 358 g/mol. The van der Waals surface area contributed by atoms with Crippen LogP contribution in [0, 0.1) is 5.82 Å². The van der Waals surface area contributed by atoms with Crippen molar-refractivity contribution in [2.45, 2.75) is 19.4 Å². The van der Waals surface area contributed by atoms with Gasteiger partial charge in [0.25, 0.3) is 5.91 Å². The highest BCUT2D eigenvalue weighted by molar-refractivity contribution is 7.16. The molecule has 1 N–H and O–H groups in total. The van der Waals surface area contributed by atoms with Crippen LogP contribution in [-0.4, -0.2) is 23.0 Å². The maximum atomic E-state index is 12.9. The average molecular weight is 358 g/mol. The SMILES string of the molecule is CC[C@H](OC(=O)c1ccc2ncsc2c1)C(=O)Nc1ccc(F)cc1. The second-order valence-electron chi connectivity index (χ2n) is 5.33. The van der Waals surface area contributed by atoms with Gasteiger partial charge in [-0.2, -0.15) is 0 Å². The number of hydrogen-bond acceptors (Lipinski definition) is 5. The molecule has 0 spiro atoms. The molecule has 1 aromatic heterocycles. The number of ether oxygens (including phenoxy) is 1. The van der Waals surface area contributed by atoms with Crippen molar-refractivity contribution in [1.82, 2.24) is 4.98 Å². The highest BCUT2D eigenvalue weighted by Crippen LogP contribution is 2.20. The zero-order valence-electron chi connectivity index (χ0n) is 13.4. The Bertz CT molecular complexity index is 908. The molecule has 128 valence electrons. The zero-order valence-corrected chi connectivity index (χ0v) is 14.2. The van der Waals surface area contributed by atoms with E-state index in [-0.39, 0.29) is 0 Å². The third kappa shape index (κ3) is 4.00. The van der Waals surface area contributed by atoms with E-state index < -0.39 is 23.8 Å². The van der Waals surface area contributed by atoms with Gasteiger partial charge in [-0.1, -0.05) is 6.92 Å². The van der Waals surface area contributed by atoms with Crippen molar-refractivity contribution in [3.63, 3.8) is 0 Å². The first-order chi connectivity index (χ1) is 12.1. The van der Waals surface area contributed by atoms with E-state index in [1.54, 1.807) is 30.6 Å². The Labute approximate surface area is 147 Å². The quantitative estimate of drug-likeness (QED) is 0.700. The number of amides is 1. The Morgan fingerprint density at radius 1 is 1.24 bits per heavy atom. The van der Waals surface area contributed by atoms with Crippen molar-refractivity contribution in [2.24, 2.45) is 0 Å². The van der Waals surface area contributed by atoms with Gasteiger partial charge in [-0.15, -0.1) is 11.3 Å². The van der Waals surface area contributed by atoms with Crippen LogP contribution in [0.3, 0.4) is 0 Å². The van der Waals surface area contributed by atoms with Gasteiger partial charge < -0.3 is 10.1 Å². The van der Waals surface area contributed by atoms with Gasteiger partial charge in [0.05, 0.1) is 21.3 Å². The highest BCUT2D eigenvalue weighted by atomic mass is 32.1. The average Bonchev–Trinajstić information content (AvgIpc) is 3.09. The van der Waals surface area contributed by atoms with Crippen molar-refractivity contribution in [3.8, 4) is 0 Å². The first-order valence-corrected chi connectivity index (χ1v) is 8.55. The number of rotatable bonds is 5. The molecule has 1 heterocycles. The standard InChI is InChI=1S/C18H15FN2O3S/c1-2-15(17(22)21-13-6-4-12(19)5-7-13)24-18(23)11-3-8-14-16(9-11)25-10-20-14/h3-10,15H,2H2,1H3,(H,21,22)/t15-/m0/s1. The highest BCUT2D eigenvalue weighted by Gasteiger charge is 2.22. The molecule has 3 rings (SSSR count).